The number of nitrogens with one attached hydrogen (secondary N) is 2. The fourth-order valence-electron chi connectivity index (χ4n) is 2.56. The topological polar surface area (TPSA) is 76.7 Å². The molecule has 0 aliphatic heterocycles. The molecule has 0 spiro atoms. The molecule has 0 fully saturated rings. The molecule has 3 aromatic rings. The summed E-state index contributed by atoms with van der Waals surface area (Å²) in [4.78, 5) is 26.0. The molecular formula is C22H22N2O4S. The first-order chi connectivity index (χ1) is 14.0. The Morgan fingerprint density at radius 2 is 1.69 bits per heavy atom. The van der Waals surface area contributed by atoms with Crippen molar-refractivity contribution in [3.05, 3.63) is 70.4 Å². The van der Waals surface area contributed by atoms with E-state index in [9.17, 15) is 9.59 Å². The van der Waals surface area contributed by atoms with Gasteiger partial charge in [0, 0.05) is 4.88 Å². The van der Waals surface area contributed by atoms with Crippen LogP contribution in [0.5, 0.6) is 17.2 Å². The number of benzene rings is 2. The number of anilines is 1. The summed E-state index contributed by atoms with van der Waals surface area (Å²) in [6, 6.07) is 18.0. The molecule has 29 heavy (non-hydrogen) atoms. The Labute approximate surface area is 173 Å². The molecule has 2 N–H and O–H groups in total. The number of hydrogen-bond donors (Lipinski definition) is 2. The molecule has 0 bridgehead atoms. The molecule has 6 nitrogen and oxygen atoms in total. The standard InChI is InChI=1S/C22H22N2O4S/c1-3-27-16-9-11-17(12-10-16)28-19-7-5-4-6-18(19)24-21(25)14-23-22(26)20-13-8-15(2)29-20/h4-13H,3,14H2,1-2H3,(H,23,26)(H,24,25). The van der Waals surface area contributed by atoms with Crippen LogP contribution in [-0.2, 0) is 4.79 Å². The zero-order valence-electron chi connectivity index (χ0n) is 16.2. The van der Waals surface area contributed by atoms with E-state index in [1.165, 1.54) is 11.3 Å². The van der Waals surface area contributed by atoms with Crippen LogP contribution in [0.3, 0.4) is 0 Å². The van der Waals surface area contributed by atoms with E-state index >= 15 is 0 Å². The maximum atomic E-state index is 12.3. The van der Waals surface area contributed by atoms with Crippen molar-refractivity contribution in [2.75, 3.05) is 18.5 Å². The van der Waals surface area contributed by atoms with E-state index in [4.69, 9.17) is 9.47 Å². The smallest absolute Gasteiger partial charge is 0.261 e. The van der Waals surface area contributed by atoms with E-state index < -0.39 is 0 Å². The molecule has 2 aromatic carbocycles. The van der Waals surface area contributed by atoms with Gasteiger partial charge >= 0.3 is 0 Å². The van der Waals surface area contributed by atoms with Crippen LogP contribution in [0.1, 0.15) is 21.5 Å². The fraction of sp³-hybridized carbons (Fsp3) is 0.182. The van der Waals surface area contributed by atoms with Crippen molar-refractivity contribution in [3.63, 3.8) is 0 Å². The number of aryl methyl sites for hydroxylation is 1. The number of ether oxygens (including phenoxy) is 2. The lowest BCUT2D eigenvalue weighted by molar-refractivity contribution is -0.115. The average molecular weight is 410 g/mol. The SMILES string of the molecule is CCOc1ccc(Oc2ccccc2NC(=O)CNC(=O)c2ccc(C)s2)cc1. The van der Waals surface area contributed by atoms with Crippen LogP contribution in [0, 0.1) is 6.92 Å². The van der Waals surface area contributed by atoms with Gasteiger partial charge in [0.2, 0.25) is 5.91 Å². The molecule has 0 aliphatic rings. The van der Waals surface area contributed by atoms with Gasteiger partial charge in [-0.25, -0.2) is 0 Å². The number of thiophene rings is 1. The summed E-state index contributed by atoms with van der Waals surface area (Å²) < 4.78 is 11.3. The summed E-state index contributed by atoms with van der Waals surface area (Å²) >= 11 is 1.39. The summed E-state index contributed by atoms with van der Waals surface area (Å²) in [5, 5.41) is 5.40. The predicted molar refractivity (Wildman–Crippen MR) is 114 cm³/mol. The third kappa shape index (κ3) is 5.83. The van der Waals surface area contributed by atoms with Crippen molar-refractivity contribution in [2.45, 2.75) is 13.8 Å². The normalized spacial score (nSPS) is 10.3. The van der Waals surface area contributed by atoms with Crippen LogP contribution in [0.2, 0.25) is 0 Å². The highest BCUT2D eigenvalue weighted by molar-refractivity contribution is 7.13. The number of para-hydroxylation sites is 2. The van der Waals surface area contributed by atoms with E-state index in [1.54, 1.807) is 36.4 Å². The second-order valence-electron chi connectivity index (χ2n) is 6.14. The Kier molecular flexibility index (Phi) is 6.86. The molecule has 3 rings (SSSR count). The van der Waals surface area contributed by atoms with Crippen molar-refractivity contribution in [2.24, 2.45) is 0 Å². The maximum Gasteiger partial charge on any atom is 0.261 e. The Morgan fingerprint density at radius 3 is 2.38 bits per heavy atom. The highest BCUT2D eigenvalue weighted by Crippen LogP contribution is 2.30. The van der Waals surface area contributed by atoms with E-state index in [2.05, 4.69) is 10.6 Å². The molecule has 0 atom stereocenters. The zero-order chi connectivity index (χ0) is 20.6. The summed E-state index contributed by atoms with van der Waals surface area (Å²) in [7, 11) is 0. The molecule has 0 radical (unpaired) electrons. The van der Waals surface area contributed by atoms with Crippen molar-refractivity contribution in [1.82, 2.24) is 5.32 Å². The lowest BCUT2D eigenvalue weighted by Crippen LogP contribution is -2.32. The minimum Gasteiger partial charge on any atom is -0.494 e. The first-order valence-electron chi connectivity index (χ1n) is 9.19. The Morgan fingerprint density at radius 1 is 0.966 bits per heavy atom. The van der Waals surface area contributed by atoms with Gasteiger partial charge in [-0.05, 0) is 62.4 Å². The quantitative estimate of drug-likeness (QED) is 0.568. The van der Waals surface area contributed by atoms with Crippen LogP contribution in [0.4, 0.5) is 5.69 Å². The van der Waals surface area contributed by atoms with Crippen molar-refractivity contribution in [1.29, 1.82) is 0 Å². The van der Waals surface area contributed by atoms with E-state index in [0.29, 0.717) is 28.7 Å². The van der Waals surface area contributed by atoms with Crippen LogP contribution >= 0.6 is 11.3 Å². The molecule has 1 aromatic heterocycles. The van der Waals surface area contributed by atoms with Gasteiger partial charge in [0.1, 0.15) is 11.5 Å². The van der Waals surface area contributed by atoms with Crippen molar-refractivity contribution < 1.29 is 19.1 Å². The van der Waals surface area contributed by atoms with E-state index in [0.717, 1.165) is 10.6 Å². The number of hydrogen-bond acceptors (Lipinski definition) is 5. The van der Waals surface area contributed by atoms with Gasteiger partial charge < -0.3 is 20.1 Å². The zero-order valence-corrected chi connectivity index (χ0v) is 17.0. The lowest BCUT2D eigenvalue weighted by Gasteiger charge is -2.13. The van der Waals surface area contributed by atoms with Crippen LogP contribution < -0.4 is 20.1 Å². The number of rotatable bonds is 8. The third-order valence-electron chi connectivity index (χ3n) is 3.90. The summed E-state index contributed by atoms with van der Waals surface area (Å²) in [5.74, 6) is 1.28. The predicted octanol–water partition coefficient (Wildman–Crippen LogP) is 4.62. The second kappa shape index (κ2) is 9.75. The third-order valence-corrected chi connectivity index (χ3v) is 4.90. The van der Waals surface area contributed by atoms with E-state index in [1.807, 2.05) is 38.1 Å². The van der Waals surface area contributed by atoms with Crippen LogP contribution in [-0.4, -0.2) is 25.0 Å². The summed E-state index contributed by atoms with van der Waals surface area (Å²) in [6.07, 6.45) is 0. The highest BCUT2D eigenvalue weighted by Gasteiger charge is 2.12. The van der Waals surface area contributed by atoms with Gasteiger partial charge in [-0.15, -0.1) is 11.3 Å². The minimum absolute atomic E-state index is 0.132. The molecule has 1 heterocycles. The van der Waals surface area contributed by atoms with Crippen molar-refractivity contribution in [3.8, 4) is 17.2 Å². The minimum atomic E-state index is -0.339. The fourth-order valence-corrected chi connectivity index (χ4v) is 3.34. The van der Waals surface area contributed by atoms with Gasteiger partial charge in [0.15, 0.2) is 5.75 Å². The van der Waals surface area contributed by atoms with Crippen LogP contribution in [0.15, 0.2) is 60.7 Å². The summed E-state index contributed by atoms with van der Waals surface area (Å²) in [6.45, 7) is 4.31. The Balaban J connectivity index is 1.59. The van der Waals surface area contributed by atoms with Gasteiger partial charge in [-0.1, -0.05) is 12.1 Å². The Hall–Kier alpha value is -3.32. The molecule has 0 saturated heterocycles. The molecule has 2 amide bonds. The lowest BCUT2D eigenvalue weighted by atomic mass is 10.2. The van der Waals surface area contributed by atoms with Gasteiger partial charge in [0.05, 0.1) is 23.7 Å². The number of carbonyl (C=O) groups excluding carboxylic acids is 2. The largest absolute Gasteiger partial charge is 0.494 e. The first-order valence-corrected chi connectivity index (χ1v) is 10.0. The molecule has 0 aliphatic carbocycles. The second-order valence-corrected chi connectivity index (χ2v) is 7.43. The number of carbonyl (C=O) groups is 2. The molecule has 0 saturated carbocycles. The van der Waals surface area contributed by atoms with E-state index in [-0.39, 0.29) is 18.4 Å². The average Bonchev–Trinajstić information content (AvgIpc) is 3.16. The van der Waals surface area contributed by atoms with Crippen molar-refractivity contribution >= 4 is 28.8 Å². The maximum absolute atomic E-state index is 12.3. The highest BCUT2D eigenvalue weighted by atomic mass is 32.1. The van der Waals surface area contributed by atoms with Gasteiger partial charge in [-0.3, -0.25) is 9.59 Å². The van der Waals surface area contributed by atoms with Gasteiger partial charge in [-0.2, -0.15) is 0 Å². The first kappa shape index (κ1) is 20.4. The monoisotopic (exact) mass is 410 g/mol. The van der Waals surface area contributed by atoms with Gasteiger partial charge in [0.25, 0.3) is 5.91 Å². The molecular weight excluding hydrogens is 388 g/mol. The summed E-state index contributed by atoms with van der Waals surface area (Å²) in [5.41, 5.74) is 0.521. The molecule has 0 unspecified atom stereocenters. The molecule has 150 valence electrons. The Bertz CT molecular complexity index is 982. The van der Waals surface area contributed by atoms with Crippen LogP contribution in [0.25, 0.3) is 0 Å². The molecule has 7 heteroatoms. The number of amides is 2.